The molecule has 1 aliphatic rings. The molecule has 3 nitrogen and oxygen atoms in total. The van der Waals surface area contributed by atoms with Crippen molar-refractivity contribution in [2.75, 3.05) is 12.4 Å². The highest BCUT2D eigenvalue weighted by Gasteiger charge is 2.22. The molecule has 1 saturated carbocycles. The van der Waals surface area contributed by atoms with Crippen LogP contribution in [-0.2, 0) is 11.3 Å². The summed E-state index contributed by atoms with van der Waals surface area (Å²) < 4.78 is 4.73. The van der Waals surface area contributed by atoms with Crippen molar-refractivity contribution in [1.82, 2.24) is 0 Å². The van der Waals surface area contributed by atoms with Gasteiger partial charge in [0.15, 0.2) is 0 Å². The first-order valence-corrected chi connectivity index (χ1v) is 7.27. The van der Waals surface area contributed by atoms with Crippen LogP contribution in [0.2, 0.25) is 0 Å². The van der Waals surface area contributed by atoms with Crippen molar-refractivity contribution in [3.05, 3.63) is 65.2 Å². The minimum Gasteiger partial charge on any atom is -0.465 e. The van der Waals surface area contributed by atoms with E-state index in [4.69, 9.17) is 4.74 Å². The summed E-state index contributed by atoms with van der Waals surface area (Å²) >= 11 is 0. The third-order valence-electron chi connectivity index (χ3n) is 3.81. The Bertz CT molecular complexity index is 630. The number of hydrogen-bond donors (Lipinski definition) is 1. The van der Waals surface area contributed by atoms with Gasteiger partial charge >= 0.3 is 5.97 Å². The summed E-state index contributed by atoms with van der Waals surface area (Å²) in [6, 6.07) is 16.1. The highest BCUT2D eigenvalue weighted by molar-refractivity contribution is 5.90. The van der Waals surface area contributed by atoms with E-state index in [1.54, 1.807) is 6.07 Å². The molecule has 3 rings (SSSR count). The molecule has 2 aromatic rings. The Kier molecular flexibility index (Phi) is 3.91. The molecule has 0 bridgehead atoms. The number of benzene rings is 2. The highest BCUT2D eigenvalue weighted by atomic mass is 16.5. The lowest BCUT2D eigenvalue weighted by atomic mass is 10.1. The van der Waals surface area contributed by atoms with Crippen LogP contribution in [0.3, 0.4) is 0 Å². The maximum absolute atomic E-state index is 11.5. The molecule has 0 saturated heterocycles. The number of anilines is 1. The second-order valence-corrected chi connectivity index (χ2v) is 5.44. The molecule has 0 aliphatic heterocycles. The molecule has 1 fully saturated rings. The van der Waals surface area contributed by atoms with E-state index in [1.165, 1.54) is 31.1 Å². The third kappa shape index (κ3) is 3.43. The minimum absolute atomic E-state index is 0.313. The number of rotatable bonds is 5. The van der Waals surface area contributed by atoms with Crippen LogP contribution in [-0.4, -0.2) is 13.1 Å². The highest BCUT2D eigenvalue weighted by Crippen LogP contribution is 2.39. The van der Waals surface area contributed by atoms with Crippen LogP contribution in [0.25, 0.3) is 0 Å². The van der Waals surface area contributed by atoms with Gasteiger partial charge in [-0.3, -0.25) is 0 Å². The quantitative estimate of drug-likeness (QED) is 0.843. The number of carbonyl (C=O) groups is 1. The van der Waals surface area contributed by atoms with Gasteiger partial charge in [0.1, 0.15) is 0 Å². The number of methoxy groups -OCH3 is 1. The molecule has 0 aromatic heterocycles. The van der Waals surface area contributed by atoms with Crippen LogP contribution in [0.5, 0.6) is 0 Å². The van der Waals surface area contributed by atoms with Gasteiger partial charge in [-0.05, 0) is 48.1 Å². The van der Waals surface area contributed by atoms with Crippen molar-refractivity contribution in [3.8, 4) is 0 Å². The first kappa shape index (κ1) is 13.7. The van der Waals surface area contributed by atoms with E-state index < -0.39 is 0 Å². The summed E-state index contributed by atoms with van der Waals surface area (Å²) in [6.07, 6.45) is 2.66. The molecule has 3 heteroatoms. The lowest BCUT2D eigenvalue weighted by Crippen LogP contribution is -2.04. The smallest absolute Gasteiger partial charge is 0.337 e. The lowest BCUT2D eigenvalue weighted by Gasteiger charge is -2.08. The Morgan fingerprint density at radius 1 is 1.19 bits per heavy atom. The molecule has 0 amide bonds. The largest absolute Gasteiger partial charge is 0.465 e. The zero-order chi connectivity index (χ0) is 14.7. The van der Waals surface area contributed by atoms with Gasteiger partial charge in [0.2, 0.25) is 0 Å². The van der Waals surface area contributed by atoms with Crippen molar-refractivity contribution in [2.45, 2.75) is 25.3 Å². The molecule has 0 unspecified atom stereocenters. The molecule has 1 aliphatic carbocycles. The Morgan fingerprint density at radius 2 is 1.95 bits per heavy atom. The molecule has 0 radical (unpaired) electrons. The number of nitrogens with one attached hydrogen (secondary N) is 1. The van der Waals surface area contributed by atoms with E-state index in [2.05, 4.69) is 29.6 Å². The molecule has 2 aromatic carbocycles. The first-order valence-electron chi connectivity index (χ1n) is 7.27. The summed E-state index contributed by atoms with van der Waals surface area (Å²) in [5.74, 6) is 0.483. The third-order valence-corrected chi connectivity index (χ3v) is 3.81. The minimum atomic E-state index is -0.313. The fourth-order valence-electron chi connectivity index (χ4n) is 2.40. The van der Waals surface area contributed by atoms with Crippen molar-refractivity contribution < 1.29 is 9.53 Å². The molecule has 0 atom stereocenters. The summed E-state index contributed by atoms with van der Waals surface area (Å²) in [5, 5.41) is 3.34. The molecule has 0 spiro atoms. The number of esters is 1. The van der Waals surface area contributed by atoms with Crippen LogP contribution < -0.4 is 5.32 Å². The number of carbonyl (C=O) groups excluding carboxylic acids is 1. The molecule has 0 heterocycles. The van der Waals surface area contributed by atoms with Crippen LogP contribution in [0.15, 0.2) is 48.5 Å². The molecule has 1 N–H and O–H groups in total. The molecule has 21 heavy (non-hydrogen) atoms. The van der Waals surface area contributed by atoms with Gasteiger partial charge in [-0.15, -0.1) is 0 Å². The van der Waals surface area contributed by atoms with Crippen LogP contribution in [0, 0.1) is 0 Å². The zero-order valence-corrected chi connectivity index (χ0v) is 12.1. The van der Waals surface area contributed by atoms with Crippen LogP contribution in [0.4, 0.5) is 5.69 Å². The normalized spacial score (nSPS) is 13.8. The predicted octanol–water partition coefficient (Wildman–Crippen LogP) is 3.96. The summed E-state index contributed by atoms with van der Waals surface area (Å²) in [7, 11) is 1.39. The number of hydrogen-bond acceptors (Lipinski definition) is 3. The maximum Gasteiger partial charge on any atom is 0.337 e. The Morgan fingerprint density at radius 3 is 2.62 bits per heavy atom. The summed E-state index contributed by atoms with van der Waals surface area (Å²) in [5.41, 5.74) is 4.17. The average molecular weight is 281 g/mol. The van der Waals surface area contributed by atoms with Crippen molar-refractivity contribution in [1.29, 1.82) is 0 Å². The van der Waals surface area contributed by atoms with E-state index in [1.807, 2.05) is 18.2 Å². The van der Waals surface area contributed by atoms with E-state index in [-0.39, 0.29) is 5.97 Å². The fraction of sp³-hybridized carbons (Fsp3) is 0.278. The zero-order valence-electron chi connectivity index (χ0n) is 12.1. The number of ether oxygens (including phenoxy) is 1. The maximum atomic E-state index is 11.5. The SMILES string of the molecule is COC(=O)c1cccc(NCc2ccc(C3CC3)cc2)c1. The van der Waals surface area contributed by atoms with Gasteiger partial charge in [-0.25, -0.2) is 4.79 Å². The second kappa shape index (κ2) is 6.00. The van der Waals surface area contributed by atoms with Gasteiger partial charge in [-0.1, -0.05) is 30.3 Å². The fourth-order valence-corrected chi connectivity index (χ4v) is 2.40. The first-order chi connectivity index (χ1) is 10.3. The molecular formula is C18H19NO2. The molecular weight excluding hydrogens is 262 g/mol. The predicted molar refractivity (Wildman–Crippen MR) is 83.5 cm³/mol. The second-order valence-electron chi connectivity index (χ2n) is 5.44. The monoisotopic (exact) mass is 281 g/mol. The van der Waals surface area contributed by atoms with Gasteiger partial charge in [0.25, 0.3) is 0 Å². The standard InChI is InChI=1S/C18H19NO2/c1-21-18(20)16-3-2-4-17(11-16)19-12-13-5-7-14(8-6-13)15-9-10-15/h2-8,11,15,19H,9-10,12H2,1H3. The summed E-state index contributed by atoms with van der Waals surface area (Å²) in [6.45, 7) is 0.746. The average Bonchev–Trinajstić information content (AvgIpc) is 3.38. The topological polar surface area (TPSA) is 38.3 Å². The Hall–Kier alpha value is -2.29. The van der Waals surface area contributed by atoms with Crippen molar-refractivity contribution >= 4 is 11.7 Å². The van der Waals surface area contributed by atoms with Gasteiger partial charge in [0.05, 0.1) is 12.7 Å². The van der Waals surface area contributed by atoms with E-state index in [0.29, 0.717) is 5.56 Å². The van der Waals surface area contributed by atoms with Crippen LogP contribution in [0.1, 0.15) is 40.2 Å². The Labute approximate surface area is 124 Å². The van der Waals surface area contributed by atoms with E-state index in [0.717, 1.165) is 18.2 Å². The van der Waals surface area contributed by atoms with Gasteiger partial charge in [-0.2, -0.15) is 0 Å². The van der Waals surface area contributed by atoms with E-state index >= 15 is 0 Å². The summed E-state index contributed by atoms with van der Waals surface area (Å²) in [4.78, 5) is 11.5. The van der Waals surface area contributed by atoms with Crippen molar-refractivity contribution in [2.24, 2.45) is 0 Å². The lowest BCUT2D eigenvalue weighted by molar-refractivity contribution is 0.0601. The van der Waals surface area contributed by atoms with Crippen LogP contribution >= 0.6 is 0 Å². The van der Waals surface area contributed by atoms with E-state index in [9.17, 15) is 4.79 Å². The van der Waals surface area contributed by atoms with Gasteiger partial charge in [0, 0.05) is 12.2 Å². The Balaban J connectivity index is 1.62. The molecule has 108 valence electrons. The van der Waals surface area contributed by atoms with Crippen molar-refractivity contribution in [3.63, 3.8) is 0 Å². The van der Waals surface area contributed by atoms with Gasteiger partial charge < -0.3 is 10.1 Å².